The molecule has 0 unspecified atom stereocenters. The first-order valence-electron chi connectivity index (χ1n) is 10.1. The van der Waals surface area contributed by atoms with Crippen molar-refractivity contribution < 1.29 is 9.59 Å². The minimum atomic E-state index is -0.0282. The Labute approximate surface area is 182 Å². The van der Waals surface area contributed by atoms with Crippen molar-refractivity contribution in [1.82, 2.24) is 24.9 Å². The van der Waals surface area contributed by atoms with Crippen molar-refractivity contribution in [2.24, 2.45) is 0 Å². The fourth-order valence-corrected chi connectivity index (χ4v) is 3.80. The first-order chi connectivity index (χ1) is 14.4. The molecule has 0 aliphatic carbocycles. The van der Waals surface area contributed by atoms with Crippen LogP contribution in [0.5, 0.6) is 0 Å². The Bertz CT molecular complexity index is 916. The maximum atomic E-state index is 13.2. The number of benzene rings is 1. The summed E-state index contributed by atoms with van der Waals surface area (Å²) in [4.78, 5) is 29.0. The van der Waals surface area contributed by atoms with E-state index in [1.165, 1.54) is 0 Å². The lowest BCUT2D eigenvalue weighted by atomic mass is 10.0. The van der Waals surface area contributed by atoms with Crippen LogP contribution in [0.1, 0.15) is 35.8 Å². The van der Waals surface area contributed by atoms with E-state index in [0.29, 0.717) is 49.9 Å². The summed E-state index contributed by atoms with van der Waals surface area (Å²) < 4.78 is 1.80. The Morgan fingerprint density at radius 3 is 2.63 bits per heavy atom. The Morgan fingerprint density at radius 1 is 1.27 bits per heavy atom. The molecule has 8 heteroatoms. The van der Waals surface area contributed by atoms with Gasteiger partial charge in [0.25, 0.3) is 5.91 Å². The van der Waals surface area contributed by atoms with Crippen molar-refractivity contribution in [2.75, 3.05) is 39.3 Å². The zero-order valence-electron chi connectivity index (χ0n) is 17.5. The van der Waals surface area contributed by atoms with Gasteiger partial charge in [0.1, 0.15) is 0 Å². The van der Waals surface area contributed by atoms with E-state index in [-0.39, 0.29) is 17.7 Å². The molecule has 0 radical (unpaired) electrons. The second-order valence-corrected chi connectivity index (χ2v) is 8.09. The molecule has 2 aromatic rings. The summed E-state index contributed by atoms with van der Waals surface area (Å²) in [5.74, 6) is 0.0579. The van der Waals surface area contributed by atoms with Crippen molar-refractivity contribution in [3.63, 3.8) is 0 Å². The van der Waals surface area contributed by atoms with Gasteiger partial charge >= 0.3 is 0 Å². The number of carbonyl (C=O) groups is 2. The molecule has 1 aliphatic heterocycles. The molecule has 0 saturated carbocycles. The predicted molar refractivity (Wildman–Crippen MR) is 118 cm³/mol. The smallest absolute Gasteiger partial charge is 0.257 e. The van der Waals surface area contributed by atoms with Crippen molar-refractivity contribution in [1.29, 1.82) is 0 Å². The number of rotatable bonds is 7. The summed E-state index contributed by atoms with van der Waals surface area (Å²) >= 11 is 6.14. The molecule has 1 aromatic carbocycles. The number of piperazine rings is 1. The molecule has 0 bridgehead atoms. The Morgan fingerprint density at radius 2 is 2.00 bits per heavy atom. The molecule has 2 amide bonds. The number of hydrogen-bond acceptors (Lipinski definition) is 4. The average Bonchev–Trinajstić information content (AvgIpc) is 3.18. The summed E-state index contributed by atoms with van der Waals surface area (Å²) in [6, 6.07) is 7.45. The molecule has 1 fully saturated rings. The number of halogens is 1. The molecule has 7 nitrogen and oxygen atoms in total. The molecule has 30 heavy (non-hydrogen) atoms. The van der Waals surface area contributed by atoms with Crippen LogP contribution in [0, 0.1) is 0 Å². The topological polar surface area (TPSA) is 70.5 Å². The molecule has 1 aliphatic rings. The first kappa shape index (κ1) is 22.1. The monoisotopic (exact) mass is 429 g/mol. The van der Waals surface area contributed by atoms with Gasteiger partial charge in [0.2, 0.25) is 5.91 Å². The zero-order chi connectivity index (χ0) is 21.7. The minimum absolute atomic E-state index is 0.0252. The van der Waals surface area contributed by atoms with Gasteiger partial charge in [0, 0.05) is 37.7 Å². The van der Waals surface area contributed by atoms with E-state index in [4.69, 9.17) is 11.6 Å². The second-order valence-electron chi connectivity index (χ2n) is 7.65. The zero-order valence-corrected chi connectivity index (χ0v) is 18.2. The van der Waals surface area contributed by atoms with Gasteiger partial charge in [-0.2, -0.15) is 5.10 Å². The maximum Gasteiger partial charge on any atom is 0.257 e. The van der Waals surface area contributed by atoms with Crippen molar-refractivity contribution in [3.05, 3.63) is 59.4 Å². The van der Waals surface area contributed by atoms with E-state index in [0.717, 1.165) is 11.4 Å². The predicted octanol–water partition coefficient (Wildman–Crippen LogP) is 2.71. The van der Waals surface area contributed by atoms with Crippen LogP contribution in [-0.4, -0.2) is 70.7 Å². The van der Waals surface area contributed by atoms with Gasteiger partial charge < -0.3 is 10.2 Å². The number of aromatic nitrogens is 2. The van der Waals surface area contributed by atoms with Crippen molar-refractivity contribution >= 4 is 23.4 Å². The Hall–Kier alpha value is -2.64. The lowest BCUT2D eigenvalue weighted by Crippen LogP contribution is -2.51. The summed E-state index contributed by atoms with van der Waals surface area (Å²) in [6.45, 7) is 11.0. The van der Waals surface area contributed by atoms with Crippen molar-refractivity contribution in [3.8, 4) is 5.69 Å². The van der Waals surface area contributed by atoms with Gasteiger partial charge in [-0.25, -0.2) is 4.68 Å². The molecule has 160 valence electrons. The highest BCUT2D eigenvalue weighted by molar-refractivity contribution is 6.30. The normalized spacial score (nSPS) is 14.7. The highest BCUT2D eigenvalue weighted by atomic mass is 35.5. The third kappa shape index (κ3) is 5.09. The van der Waals surface area contributed by atoms with E-state index in [2.05, 4.69) is 35.7 Å². The highest BCUT2D eigenvalue weighted by Gasteiger charge is 2.28. The second kappa shape index (κ2) is 9.91. The van der Waals surface area contributed by atoms with E-state index in [1.807, 2.05) is 29.2 Å². The van der Waals surface area contributed by atoms with Crippen molar-refractivity contribution in [2.45, 2.75) is 19.8 Å². The van der Waals surface area contributed by atoms with Crippen LogP contribution < -0.4 is 5.32 Å². The van der Waals surface area contributed by atoms with Crippen LogP contribution in [-0.2, 0) is 4.79 Å². The van der Waals surface area contributed by atoms with Crippen LogP contribution in [0.4, 0.5) is 0 Å². The summed E-state index contributed by atoms with van der Waals surface area (Å²) in [5, 5.41) is 7.89. The molecule has 2 heterocycles. The molecule has 1 saturated heterocycles. The highest BCUT2D eigenvalue weighted by Crippen LogP contribution is 2.25. The van der Waals surface area contributed by atoms with Gasteiger partial charge in [-0.15, -0.1) is 6.58 Å². The largest absolute Gasteiger partial charge is 0.352 e. The number of nitrogens with one attached hydrogen (secondary N) is 1. The van der Waals surface area contributed by atoms with Crippen LogP contribution in [0.25, 0.3) is 5.69 Å². The number of hydrogen-bond donors (Lipinski definition) is 1. The minimum Gasteiger partial charge on any atom is -0.352 e. The molecule has 3 rings (SSSR count). The third-order valence-corrected chi connectivity index (χ3v) is 5.34. The molecule has 1 N–H and O–H groups in total. The number of carbonyl (C=O) groups excluding carboxylic acids is 2. The summed E-state index contributed by atoms with van der Waals surface area (Å²) in [7, 11) is 0. The van der Waals surface area contributed by atoms with Gasteiger partial charge in [-0.05, 0) is 24.1 Å². The molecular weight excluding hydrogens is 402 g/mol. The average molecular weight is 430 g/mol. The van der Waals surface area contributed by atoms with Crippen LogP contribution in [0.3, 0.4) is 0 Å². The SMILES string of the molecule is C=CCNC(=O)CN1CCN(C(=O)c2cnn(-c3cccc(Cl)c3)c2C(C)C)CC1. The lowest BCUT2D eigenvalue weighted by molar-refractivity contribution is -0.122. The molecular formula is C22H28ClN5O2. The van der Waals surface area contributed by atoms with Gasteiger partial charge in [-0.3, -0.25) is 14.5 Å². The quantitative estimate of drug-likeness (QED) is 0.687. The van der Waals surface area contributed by atoms with E-state index < -0.39 is 0 Å². The van der Waals surface area contributed by atoms with E-state index in [1.54, 1.807) is 17.0 Å². The molecule has 0 atom stereocenters. The number of nitrogens with zero attached hydrogens (tertiary/aromatic N) is 4. The van der Waals surface area contributed by atoms with Crippen LogP contribution >= 0.6 is 11.6 Å². The third-order valence-electron chi connectivity index (χ3n) is 5.11. The Kier molecular flexibility index (Phi) is 7.29. The molecule has 0 spiro atoms. The molecule has 1 aromatic heterocycles. The summed E-state index contributed by atoms with van der Waals surface area (Å²) in [5.41, 5.74) is 2.32. The Balaban J connectivity index is 1.70. The number of amides is 2. The van der Waals surface area contributed by atoms with E-state index in [9.17, 15) is 9.59 Å². The van der Waals surface area contributed by atoms with Gasteiger partial charge in [0.05, 0.1) is 29.7 Å². The standard InChI is InChI=1S/C22H28ClN5O2/c1-4-8-24-20(29)15-26-9-11-27(12-10-26)22(30)19-14-25-28(21(19)16(2)3)18-7-5-6-17(23)13-18/h4-7,13-14,16H,1,8-12,15H2,2-3H3,(H,24,29). The fourth-order valence-electron chi connectivity index (χ4n) is 3.62. The van der Waals surface area contributed by atoms with E-state index >= 15 is 0 Å². The van der Waals surface area contributed by atoms with Crippen LogP contribution in [0.15, 0.2) is 43.1 Å². The van der Waals surface area contributed by atoms with Gasteiger partial charge in [-0.1, -0.05) is 37.6 Å². The maximum absolute atomic E-state index is 13.2. The fraction of sp³-hybridized carbons (Fsp3) is 0.409. The van der Waals surface area contributed by atoms with Gasteiger partial charge in [0.15, 0.2) is 0 Å². The first-order valence-corrected chi connectivity index (χ1v) is 10.5. The summed E-state index contributed by atoms with van der Waals surface area (Å²) in [6.07, 6.45) is 3.30. The van der Waals surface area contributed by atoms with Crippen LogP contribution in [0.2, 0.25) is 5.02 Å². The lowest BCUT2D eigenvalue weighted by Gasteiger charge is -2.34.